The van der Waals surface area contributed by atoms with Gasteiger partial charge in [-0.1, -0.05) is 17.3 Å². The van der Waals surface area contributed by atoms with Crippen LogP contribution in [0, 0.1) is 5.41 Å². The van der Waals surface area contributed by atoms with E-state index in [1.165, 1.54) is 0 Å². The van der Waals surface area contributed by atoms with E-state index in [1.807, 2.05) is 24.3 Å². The summed E-state index contributed by atoms with van der Waals surface area (Å²) < 4.78 is 15.9. The molecule has 1 aliphatic rings. The third-order valence-electron chi connectivity index (χ3n) is 4.80. The molecule has 7 heteroatoms. The second-order valence-corrected chi connectivity index (χ2v) is 6.64. The Morgan fingerprint density at radius 2 is 2.15 bits per heavy atom. The monoisotopic (exact) mass is 360 g/mol. The Balaban J connectivity index is 1.57. The summed E-state index contributed by atoms with van der Waals surface area (Å²) in [5.74, 6) is 1.17. The average molecular weight is 360 g/mol. The third kappa shape index (κ3) is 4.42. The number of ether oxygens (including phenoxy) is 2. The summed E-state index contributed by atoms with van der Waals surface area (Å²) in [7, 11) is 1.60. The van der Waals surface area contributed by atoms with Crippen molar-refractivity contribution in [2.45, 2.75) is 19.3 Å². The van der Waals surface area contributed by atoms with Gasteiger partial charge in [-0.2, -0.15) is 0 Å². The van der Waals surface area contributed by atoms with Gasteiger partial charge in [0.25, 0.3) is 0 Å². The van der Waals surface area contributed by atoms with Crippen LogP contribution in [0.15, 0.2) is 34.9 Å². The molecule has 0 atom stereocenters. The lowest BCUT2D eigenvalue weighted by molar-refractivity contribution is -0.121. The molecule has 0 radical (unpaired) electrons. The van der Waals surface area contributed by atoms with E-state index >= 15 is 0 Å². The van der Waals surface area contributed by atoms with E-state index < -0.39 is 0 Å². The van der Waals surface area contributed by atoms with Gasteiger partial charge in [-0.3, -0.25) is 4.79 Å². The maximum atomic E-state index is 12.2. The van der Waals surface area contributed by atoms with E-state index in [0.29, 0.717) is 31.2 Å². The highest BCUT2D eigenvalue weighted by atomic mass is 16.5. The van der Waals surface area contributed by atoms with Gasteiger partial charge >= 0.3 is 0 Å². The van der Waals surface area contributed by atoms with Gasteiger partial charge in [0.05, 0.1) is 25.8 Å². The maximum Gasteiger partial charge on any atom is 0.226 e. The molecule has 1 aromatic heterocycles. The first-order valence-corrected chi connectivity index (χ1v) is 8.69. The number of nitrogens with one attached hydrogen (secondary N) is 1. The Labute approximate surface area is 152 Å². The second kappa shape index (κ2) is 8.33. The van der Waals surface area contributed by atoms with Crippen molar-refractivity contribution >= 4 is 5.91 Å². The van der Waals surface area contributed by atoms with Gasteiger partial charge in [0, 0.05) is 36.8 Å². The highest BCUT2D eigenvalue weighted by molar-refractivity contribution is 5.78. The molecular weight excluding hydrogens is 336 g/mol. The molecule has 1 saturated heterocycles. The Morgan fingerprint density at radius 3 is 2.88 bits per heavy atom. The zero-order chi connectivity index (χ0) is 18.4. The Bertz CT molecular complexity index is 737. The van der Waals surface area contributed by atoms with Crippen molar-refractivity contribution in [3.05, 3.63) is 36.0 Å². The fraction of sp³-hybridized carbons (Fsp3) is 0.474. The fourth-order valence-electron chi connectivity index (χ4n) is 3.02. The first-order valence-electron chi connectivity index (χ1n) is 8.69. The first-order chi connectivity index (χ1) is 12.6. The largest absolute Gasteiger partial charge is 0.497 e. The van der Waals surface area contributed by atoms with Crippen LogP contribution < -0.4 is 10.1 Å². The first kappa shape index (κ1) is 18.4. The lowest BCUT2D eigenvalue weighted by Gasteiger charge is -2.35. The van der Waals surface area contributed by atoms with Crippen LogP contribution in [0.5, 0.6) is 5.75 Å². The lowest BCUT2D eigenvalue weighted by atomic mass is 9.81. The Kier molecular flexibility index (Phi) is 5.90. The van der Waals surface area contributed by atoms with Crippen LogP contribution >= 0.6 is 0 Å². The van der Waals surface area contributed by atoms with Gasteiger partial charge in [-0.25, -0.2) is 0 Å². The molecule has 1 amide bonds. The van der Waals surface area contributed by atoms with E-state index in [1.54, 1.807) is 13.2 Å². The lowest BCUT2D eigenvalue weighted by Crippen LogP contribution is -2.44. The molecule has 26 heavy (non-hydrogen) atoms. The predicted molar refractivity (Wildman–Crippen MR) is 94.8 cm³/mol. The predicted octanol–water partition coefficient (Wildman–Crippen LogP) is 1.80. The summed E-state index contributed by atoms with van der Waals surface area (Å²) in [5, 5.41) is 16.5. The van der Waals surface area contributed by atoms with Gasteiger partial charge in [-0.15, -0.1) is 0 Å². The van der Waals surface area contributed by atoms with Gasteiger partial charge in [0.1, 0.15) is 5.75 Å². The molecule has 2 aromatic rings. The number of nitrogens with zero attached hydrogens (tertiary/aromatic N) is 1. The summed E-state index contributed by atoms with van der Waals surface area (Å²) in [5.41, 5.74) is 1.11. The number of carbonyl (C=O) groups excluding carboxylic acids is 1. The Morgan fingerprint density at radius 1 is 1.35 bits per heavy atom. The van der Waals surface area contributed by atoms with Gasteiger partial charge < -0.3 is 24.4 Å². The summed E-state index contributed by atoms with van der Waals surface area (Å²) >= 11 is 0. The van der Waals surface area contributed by atoms with Crippen LogP contribution in [-0.2, 0) is 16.0 Å². The molecule has 1 fully saturated rings. The van der Waals surface area contributed by atoms with Crippen molar-refractivity contribution in [2.24, 2.45) is 5.41 Å². The number of hydrogen-bond acceptors (Lipinski definition) is 6. The molecule has 2 heterocycles. The van der Waals surface area contributed by atoms with Crippen LogP contribution in [0.4, 0.5) is 0 Å². The molecule has 140 valence electrons. The number of hydrogen-bond donors (Lipinski definition) is 2. The number of methoxy groups -OCH3 is 1. The van der Waals surface area contributed by atoms with Crippen molar-refractivity contribution < 1.29 is 23.9 Å². The molecule has 3 rings (SSSR count). The molecule has 0 aliphatic carbocycles. The number of benzene rings is 1. The van der Waals surface area contributed by atoms with E-state index in [-0.39, 0.29) is 24.3 Å². The van der Waals surface area contributed by atoms with E-state index in [9.17, 15) is 9.90 Å². The number of rotatable bonds is 7. The van der Waals surface area contributed by atoms with Crippen molar-refractivity contribution in [1.29, 1.82) is 0 Å². The maximum absolute atomic E-state index is 12.2. The smallest absolute Gasteiger partial charge is 0.226 e. The summed E-state index contributed by atoms with van der Waals surface area (Å²) in [6, 6.07) is 9.21. The van der Waals surface area contributed by atoms with Crippen LogP contribution in [0.1, 0.15) is 18.5 Å². The summed E-state index contributed by atoms with van der Waals surface area (Å²) in [4.78, 5) is 12.2. The molecule has 0 unspecified atom stereocenters. The van der Waals surface area contributed by atoms with Gasteiger partial charge in [0.15, 0.2) is 5.76 Å². The molecule has 1 aromatic carbocycles. The normalized spacial score (nSPS) is 16.2. The minimum absolute atomic E-state index is 0.0423. The van der Waals surface area contributed by atoms with Gasteiger partial charge in [-0.05, 0) is 25.0 Å². The third-order valence-corrected chi connectivity index (χ3v) is 4.80. The number of aliphatic hydroxyl groups is 1. The zero-order valence-corrected chi connectivity index (χ0v) is 14.9. The second-order valence-electron chi connectivity index (χ2n) is 6.64. The van der Waals surface area contributed by atoms with Gasteiger partial charge in [0.2, 0.25) is 5.91 Å². The van der Waals surface area contributed by atoms with Crippen LogP contribution in [0.25, 0.3) is 11.3 Å². The molecule has 0 saturated carbocycles. The highest BCUT2D eigenvalue weighted by Gasteiger charge is 2.32. The number of amides is 1. The summed E-state index contributed by atoms with van der Waals surface area (Å²) in [6.45, 7) is 1.71. The molecule has 0 bridgehead atoms. The number of carbonyl (C=O) groups is 1. The highest BCUT2D eigenvalue weighted by Crippen LogP contribution is 2.29. The minimum atomic E-state index is -0.288. The molecule has 7 nitrogen and oxygen atoms in total. The van der Waals surface area contributed by atoms with Crippen molar-refractivity contribution in [2.75, 3.05) is 33.5 Å². The quantitative estimate of drug-likeness (QED) is 0.782. The van der Waals surface area contributed by atoms with E-state index in [2.05, 4.69) is 10.5 Å². The number of aromatic nitrogens is 1. The van der Waals surface area contributed by atoms with Crippen LogP contribution in [-0.4, -0.2) is 49.6 Å². The topological polar surface area (TPSA) is 93.8 Å². The van der Waals surface area contributed by atoms with E-state index in [0.717, 1.165) is 24.2 Å². The van der Waals surface area contributed by atoms with Crippen LogP contribution in [0.3, 0.4) is 0 Å². The van der Waals surface area contributed by atoms with Crippen molar-refractivity contribution in [3.8, 4) is 17.1 Å². The Hall–Kier alpha value is -2.38. The zero-order valence-electron chi connectivity index (χ0n) is 14.9. The standard InChI is InChI=1S/C19H24N2O5/c1-24-16-4-2-3-14(9-16)17-10-15(21-26-17)11-18(23)20-12-19(13-22)5-7-25-8-6-19/h2-4,9-10,22H,5-8,11-13H2,1H3,(H,20,23). The molecule has 0 spiro atoms. The molecule has 1 aliphatic heterocycles. The average Bonchev–Trinajstić information content (AvgIpc) is 3.15. The molecule has 2 N–H and O–H groups in total. The SMILES string of the molecule is COc1cccc(-c2cc(CC(=O)NCC3(CO)CCOCC3)no2)c1. The van der Waals surface area contributed by atoms with Crippen molar-refractivity contribution in [3.63, 3.8) is 0 Å². The van der Waals surface area contributed by atoms with Crippen molar-refractivity contribution in [1.82, 2.24) is 10.5 Å². The minimum Gasteiger partial charge on any atom is -0.497 e. The van der Waals surface area contributed by atoms with E-state index in [4.69, 9.17) is 14.0 Å². The summed E-state index contributed by atoms with van der Waals surface area (Å²) in [6.07, 6.45) is 1.62. The fourth-order valence-corrected chi connectivity index (χ4v) is 3.02. The molecular formula is C19H24N2O5. The number of aliphatic hydroxyl groups excluding tert-OH is 1. The van der Waals surface area contributed by atoms with Crippen LogP contribution in [0.2, 0.25) is 0 Å².